The molecule has 2 aromatic carbocycles. The van der Waals surface area contributed by atoms with Crippen LogP contribution in [0, 0.1) is 11.7 Å². The van der Waals surface area contributed by atoms with E-state index in [1.54, 1.807) is 30.3 Å². The van der Waals surface area contributed by atoms with Gasteiger partial charge >= 0.3 is 5.97 Å². The number of aliphatic hydroxyl groups is 1. The zero-order valence-electron chi connectivity index (χ0n) is 14.9. The molecule has 0 aliphatic rings. The van der Waals surface area contributed by atoms with E-state index in [0.717, 1.165) is 5.56 Å². The Balaban J connectivity index is 1.88. The maximum atomic E-state index is 13.3. The minimum absolute atomic E-state index is 0.0667. The SMILES string of the molecule is COC(=O)Cc1ccc(OCC(C)CC(N)(O)c2cccc(F)c2)cc1. The fourth-order valence-electron chi connectivity index (χ4n) is 2.65. The minimum Gasteiger partial charge on any atom is -0.493 e. The number of carbonyl (C=O) groups is 1. The Bertz CT molecular complexity index is 731. The summed E-state index contributed by atoms with van der Waals surface area (Å²) < 4.78 is 23.6. The van der Waals surface area contributed by atoms with Crippen LogP contribution >= 0.6 is 0 Å². The number of hydrogen-bond acceptors (Lipinski definition) is 5. The highest BCUT2D eigenvalue weighted by atomic mass is 19.1. The average Bonchev–Trinajstić information content (AvgIpc) is 2.60. The second kappa shape index (κ2) is 8.78. The van der Waals surface area contributed by atoms with Crippen LogP contribution in [-0.2, 0) is 21.7 Å². The summed E-state index contributed by atoms with van der Waals surface area (Å²) in [6, 6.07) is 12.8. The highest BCUT2D eigenvalue weighted by Crippen LogP contribution is 2.25. The fraction of sp³-hybridized carbons (Fsp3) is 0.350. The first-order valence-corrected chi connectivity index (χ1v) is 8.36. The number of hydrogen-bond donors (Lipinski definition) is 2. The van der Waals surface area contributed by atoms with Gasteiger partial charge in [-0.05, 0) is 42.2 Å². The smallest absolute Gasteiger partial charge is 0.309 e. The number of carbonyl (C=O) groups excluding carboxylic acids is 1. The maximum Gasteiger partial charge on any atom is 0.309 e. The first-order chi connectivity index (χ1) is 12.3. The molecule has 0 saturated carbocycles. The summed E-state index contributed by atoms with van der Waals surface area (Å²) in [6.07, 6.45) is 0.428. The van der Waals surface area contributed by atoms with Crippen molar-refractivity contribution in [2.45, 2.75) is 25.5 Å². The number of nitrogens with two attached hydrogens (primary N) is 1. The van der Waals surface area contributed by atoms with E-state index in [0.29, 0.717) is 17.9 Å². The van der Waals surface area contributed by atoms with E-state index in [1.807, 2.05) is 6.92 Å². The van der Waals surface area contributed by atoms with Gasteiger partial charge in [-0.25, -0.2) is 4.39 Å². The summed E-state index contributed by atoms with van der Waals surface area (Å²) in [5, 5.41) is 10.4. The van der Waals surface area contributed by atoms with E-state index in [1.165, 1.54) is 25.3 Å². The number of esters is 1. The Hall–Kier alpha value is -2.44. The van der Waals surface area contributed by atoms with E-state index in [9.17, 15) is 14.3 Å². The lowest BCUT2D eigenvalue weighted by Gasteiger charge is -2.27. The molecule has 0 amide bonds. The lowest BCUT2D eigenvalue weighted by molar-refractivity contribution is -0.139. The Kier molecular flexibility index (Phi) is 6.71. The number of halogens is 1. The van der Waals surface area contributed by atoms with E-state index in [2.05, 4.69) is 4.74 Å². The predicted octanol–water partition coefficient (Wildman–Crippen LogP) is 2.75. The van der Waals surface area contributed by atoms with Crippen molar-refractivity contribution in [3.05, 3.63) is 65.5 Å². The molecule has 0 saturated heterocycles. The van der Waals surface area contributed by atoms with Crippen molar-refractivity contribution >= 4 is 5.97 Å². The molecule has 0 aromatic heterocycles. The highest BCUT2D eigenvalue weighted by molar-refractivity contribution is 5.72. The summed E-state index contributed by atoms with van der Waals surface area (Å²) in [6.45, 7) is 2.23. The van der Waals surface area contributed by atoms with Crippen LogP contribution in [0.4, 0.5) is 4.39 Å². The average molecular weight is 361 g/mol. The molecular weight excluding hydrogens is 337 g/mol. The first kappa shape index (κ1) is 19.9. The van der Waals surface area contributed by atoms with E-state index < -0.39 is 11.5 Å². The summed E-state index contributed by atoms with van der Waals surface area (Å²) in [5.41, 5.74) is 5.48. The molecule has 5 nitrogen and oxygen atoms in total. The van der Waals surface area contributed by atoms with Crippen LogP contribution in [0.2, 0.25) is 0 Å². The van der Waals surface area contributed by atoms with Crippen LogP contribution in [0.5, 0.6) is 5.75 Å². The van der Waals surface area contributed by atoms with Gasteiger partial charge in [-0.15, -0.1) is 0 Å². The Morgan fingerprint density at radius 3 is 2.58 bits per heavy atom. The molecule has 2 rings (SSSR count). The van der Waals surface area contributed by atoms with Crippen molar-refractivity contribution < 1.29 is 23.8 Å². The molecule has 0 heterocycles. The van der Waals surface area contributed by atoms with Gasteiger partial charge in [0.05, 0.1) is 20.1 Å². The van der Waals surface area contributed by atoms with Crippen molar-refractivity contribution in [1.82, 2.24) is 0 Å². The molecule has 140 valence electrons. The topological polar surface area (TPSA) is 81.8 Å². The number of ether oxygens (including phenoxy) is 2. The van der Waals surface area contributed by atoms with Crippen LogP contribution < -0.4 is 10.5 Å². The number of benzene rings is 2. The first-order valence-electron chi connectivity index (χ1n) is 8.36. The Morgan fingerprint density at radius 2 is 1.96 bits per heavy atom. The van der Waals surface area contributed by atoms with Crippen LogP contribution in [0.25, 0.3) is 0 Å². The van der Waals surface area contributed by atoms with Crippen molar-refractivity contribution in [1.29, 1.82) is 0 Å². The monoisotopic (exact) mass is 361 g/mol. The molecule has 2 unspecified atom stereocenters. The molecule has 0 spiro atoms. The molecular formula is C20H24FNO4. The van der Waals surface area contributed by atoms with Gasteiger partial charge in [0.25, 0.3) is 0 Å². The molecule has 2 atom stereocenters. The van der Waals surface area contributed by atoms with E-state index in [-0.39, 0.29) is 24.7 Å². The van der Waals surface area contributed by atoms with Crippen LogP contribution in [0.15, 0.2) is 48.5 Å². The molecule has 0 radical (unpaired) electrons. The zero-order valence-corrected chi connectivity index (χ0v) is 14.9. The molecule has 0 bridgehead atoms. The van der Waals surface area contributed by atoms with Gasteiger partial charge in [-0.1, -0.05) is 31.2 Å². The van der Waals surface area contributed by atoms with Gasteiger partial charge in [-0.3, -0.25) is 10.5 Å². The molecule has 0 fully saturated rings. The fourth-order valence-corrected chi connectivity index (χ4v) is 2.65. The summed E-state index contributed by atoms with van der Waals surface area (Å²) in [4.78, 5) is 11.2. The van der Waals surface area contributed by atoms with Gasteiger partial charge in [-0.2, -0.15) is 0 Å². The van der Waals surface area contributed by atoms with Crippen LogP contribution in [0.3, 0.4) is 0 Å². The largest absolute Gasteiger partial charge is 0.493 e. The van der Waals surface area contributed by atoms with E-state index in [4.69, 9.17) is 10.5 Å². The second-order valence-electron chi connectivity index (χ2n) is 6.45. The standard InChI is InChI=1S/C20H24FNO4/c1-14(12-20(22,24)16-4-3-5-17(21)11-16)13-26-18-8-6-15(7-9-18)10-19(23)25-2/h3-9,11,14,24H,10,12-13,22H2,1-2H3. The molecule has 26 heavy (non-hydrogen) atoms. The number of methoxy groups -OCH3 is 1. The third-order valence-electron chi connectivity index (χ3n) is 4.02. The third kappa shape index (κ3) is 5.82. The van der Waals surface area contributed by atoms with Gasteiger partial charge in [0.15, 0.2) is 0 Å². The molecule has 6 heteroatoms. The maximum absolute atomic E-state index is 13.3. The highest BCUT2D eigenvalue weighted by Gasteiger charge is 2.27. The Morgan fingerprint density at radius 1 is 1.27 bits per heavy atom. The summed E-state index contributed by atoms with van der Waals surface area (Å²) in [7, 11) is 1.35. The third-order valence-corrected chi connectivity index (χ3v) is 4.02. The zero-order chi connectivity index (χ0) is 19.2. The molecule has 0 aliphatic heterocycles. The minimum atomic E-state index is -1.63. The second-order valence-corrected chi connectivity index (χ2v) is 6.45. The van der Waals surface area contributed by atoms with Crippen molar-refractivity contribution in [3.8, 4) is 5.75 Å². The predicted molar refractivity (Wildman–Crippen MR) is 95.9 cm³/mol. The van der Waals surface area contributed by atoms with Crippen molar-refractivity contribution in [2.75, 3.05) is 13.7 Å². The lowest BCUT2D eigenvalue weighted by atomic mass is 9.93. The van der Waals surface area contributed by atoms with E-state index >= 15 is 0 Å². The van der Waals surface area contributed by atoms with Crippen LogP contribution in [-0.4, -0.2) is 24.8 Å². The van der Waals surface area contributed by atoms with Crippen LogP contribution in [0.1, 0.15) is 24.5 Å². The van der Waals surface area contributed by atoms with Crippen molar-refractivity contribution in [3.63, 3.8) is 0 Å². The van der Waals surface area contributed by atoms with Gasteiger partial charge in [0.1, 0.15) is 17.3 Å². The molecule has 2 aromatic rings. The number of rotatable bonds is 8. The lowest BCUT2D eigenvalue weighted by Crippen LogP contribution is -2.39. The van der Waals surface area contributed by atoms with Gasteiger partial charge < -0.3 is 14.6 Å². The van der Waals surface area contributed by atoms with Gasteiger partial charge in [0, 0.05) is 5.56 Å². The van der Waals surface area contributed by atoms with Gasteiger partial charge in [0.2, 0.25) is 0 Å². The normalized spacial score (nSPS) is 14.3. The van der Waals surface area contributed by atoms with Crippen molar-refractivity contribution in [2.24, 2.45) is 11.7 Å². The molecule has 3 N–H and O–H groups in total. The summed E-state index contributed by atoms with van der Waals surface area (Å²) >= 11 is 0. The quantitative estimate of drug-likeness (QED) is 0.558. The molecule has 0 aliphatic carbocycles. The Labute approximate surface area is 152 Å². The summed E-state index contributed by atoms with van der Waals surface area (Å²) in [5.74, 6) is -0.158.